The summed E-state index contributed by atoms with van der Waals surface area (Å²) in [5.74, 6) is 0.835. The van der Waals surface area contributed by atoms with E-state index in [-0.39, 0.29) is 8.60 Å². The molecule has 0 saturated carbocycles. The van der Waals surface area contributed by atoms with Gasteiger partial charge in [-0.25, -0.2) is 14.2 Å². The Morgan fingerprint density at radius 1 is 1.23 bits per heavy atom. The number of amides is 1. The highest BCUT2D eigenvalue weighted by Gasteiger charge is 2.17. The summed E-state index contributed by atoms with van der Waals surface area (Å²) in [5.41, 5.74) is 1.18. The minimum Gasteiger partial charge on any atom is -0.494 e. The van der Waals surface area contributed by atoms with Gasteiger partial charge in [-0.1, -0.05) is 0 Å². The molecule has 0 aliphatic rings. The fourth-order valence-corrected chi connectivity index (χ4v) is 3.01. The average molecular weight is 423 g/mol. The quantitative estimate of drug-likeness (QED) is 0.556. The van der Waals surface area contributed by atoms with Gasteiger partial charge in [-0.05, 0) is 40.5 Å². The lowest BCUT2D eigenvalue weighted by molar-refractivity contribution is 0.0527. The van der Waals surface area contributed by atoms with Crippen LogP contribution >= 0.6 is 0 Å². The number of carbonyl (C=O) groups excluding carboxylic acids is 1. The van der Waals surface area contributed by atoms with Crippen molar-refractivity contribution >= 4 is 28.6 Å². The predicted octanol–water partition coefficient (Wildman–Crippen LogP) is 3.94. The normalized spacial score (nSPS) is 11.7. The number of benzene rings is 1. The van der Waals surface area contributed by atoms with Gasteiger partial charge in [0.15, 0.2) is 17.4 Å². The smallest absolute Gasteiger partial charge is 0.407 e. The molecule has 0 saturated heterocycles. The fourth-order valence-electron chi connectivity index (χ4n) is 3.01. The third kappa shape index (κ3) is 4.87. The molecule has 30 heavy (non-hydrogen) atoms. The fraction of sp³-hybridized carbons (Fsp3) is 0.500. The molecule has 10 heteroatoms. The molecule has 0 aliphatic carbocycles. The van der Waals surface area contributed by atoms with Crippen LogP contribution in [0.5, 0.6) is 5.75 Å². The van der Waals surface area contributed by atoms with Crippen LogP contribution in [0.3, 0.4) is 0 Å². The molecule has 9 nitrogen and oxygen atoms in total. The average Bonchev–Trinajstić information content (AvgIpc) is 3.04. The summed E-state index contributed by atoms with van der Waals surface area (Å²) in [6.07, 6.45) is 1.11. The van der Waals surface area contributed by atoms with Crippen LogP contribution in [0, 0.1) is 12.7 Å². The van der Waals surface area contributed by atoms with Crippen LogP contribution in [-0.4, -0.2) is 51.5 Å². The number of unbranched alkanes of at least 4 members (excludes halogenated alkanes) is 1. The van der Waals surface area contributed by atoms with Gasteiger partial charge < -0.3 is 20.1 Å². The van der Waals surface area contributed by atoms with E-state index in [9.17, 15) is 9.18 Å². The van der Waals surface area contributed by atoms with Crippen molar-refractivity contribution in [3.05, 3.63) is 23.8 Å². The zero-order valence-corrected chi connectivity index (χ0v) is 17.9. The van der Waals surface area contributed by atoms with E-state index in [4.69, 9.17) is 9.47 Å². The number of hydrogen-bond donors (Lipinski definition) is 2. The Morgan fingerprint density at radius 2 is 1.97 bits per heavy atom. The van der Waals surface area contributed by atoms with Gasteiger partial charge in [0.05, 0.1) is 18.1 Å². The van der Waals surface area contributed by atoms with Gasteiger partial charge in [0.1, 0.15) is 11.4 Å². The summed E-state index contributed by atoms with van der Waals surface area (Å²) < 4.78 is 26.3. The molecule has 0 spiro atoms. The third-order valence-corrected chi connectivity index (χ3v) is 4.32. The van der Waals surface area contributed by atoms with Crippen LogP contribution < -0.4 is 15.4 Å². The molecule has 2 N–H and O–H groups in total. The van der Waals surface area contributed by atoms with Crippen LogP contribution in [0.4, 0.5) is 15.0 Å². The molecule has 2 heterocycles. The molecular formula is C20H31FN6O3. The van der Waals surface area contributed by atoms with Gasteiger partial charge in [-0.3, -0.25) is 4.40 Å². The van der Waals surface area contributed by atoms with E-state index in [0.717, 1.165) is 12.8 Å². The monoisotopic (exact) mass is 422 g/mol. The van der Waals surface area contributed by atoms with E-state index < -0.39 is 17.5 Å². The first-order chi connectivity index (χ1) is 14.2. The van der Waals surface area contributed by atoms with Crippen molar-refractivity contribution in [2.24, 2.45) is 0 Å². The summed E-state index contributed by atoms with van der Waals surface area (Å²) in [5, 5.41) is 14.3. The Balaban J connectivity index is 0.00000256. The maximum Gasteiger partial charge on any atom is 0.407 e. The molecule has 2 aromatic heterocycles. The van der Waals surface area contributed by atoms with Gasteiger partial charge in [-0.15, -0.1) is 10.2 Å². The van der Waals surface area contributed by atoms with Crippen LogP contribution in [0.25, 0.3) is 16.7 Å². The number of carbonyl (C=O) groups is 1. The molecule has 1 amide bonds. The van der Waals surface area contributed by atoms with E-state index in [1.165, 1.54) is 13.2 Å². The van der Waals surface area contributed by atoms with Gasteiger partial charge >= 0.3 is 6.09 Å². The molecule has 0 unspecified atom stereocenters. The summed E-state index contributed by atoms with van der Waals surface area (Å²) in [6.45, 7) is 8.40. The number of methoxy groups -OCH3 is 1. The van der Waals surface area contributed by atoms with E-state index in [1.54, 1.807) is 6.07 Å². The van der Waals surface area contributed by atoms with Crippen LogP contribution in [0.15, 0.2) is 12.1 Å². The number of ether oxygens (including phenoxy) is 2. The topological polar surface area (TPSA) is 103 Å². The molecule has 3 rings (SSSR count). The molecule has 0 aliphatic heterocycles. The maximum absolute atomic E-state index is 14.2. The minimum atomic E-state index is -0.515. The maximum atomic E-state index is 14.2. The molecule has 0 bridgehead atoms. The second-order valence-corrected chi connectivity index (χ2v) is 7.90. The van der Waals surface area contributed by atoms with Crippen molar-refractivity contribution in [3.8, 4) is 5.75 Å². The summed E-state index contributed by atoms with van der Waals surface area (Å²) in [7, 11) is 1.42. The third-order valence-electron chi connectivity index (χ3n) is 4.32. The number of alkyl carbamates (subject to hydrolysis) is 1. The Labute approximate surface area is 176 Å². The number of aromatic nitrogens is 4. The van der Waals surface area contributed by atoms with Gasteiger partial charge in [0.25, 0.3) is 0 Å². The summed E-state index contributed by atoms with van der Waals surface area (Å²) >= 11 is 0. The number of aryl methyl sites for hydroxylation is 1. The highest BCUT2D eigenvalue weighted by Crippen LogP contribution is 2.27. The largest absolute Gasteiger partial charge is 0.494 e. The summed E-state index contributed by atoms with van der Waals surface area (Å²) in [4.78, 5) is 16.2. The lowest BCUT2D eigenvalue weighted by atomic mass is 10.2. The molecule has 0 fully saturated rings. The first-order valence-electron chi connectivity index (χ1n) is 9.79. The lowest BCUT2D eigenvalue weighted by Crippen LogP contribution is -2.33. The van der Waals surface area contributed by atoms with Crippen molar-refractivity contribution in [3.63, 3.8) is 0 Å². The van der Waals surface area contributed by atoms with Crippen LogP contribution in [0.2, 0.25) is 0 Å². The van der Waals surface area contributed by atoms with Gasteiger partial charge in [0.2, 0.25) is 5.65 Å². The zero-order chi connectivity index (χ0) is 21.9. The molecular weight excluding hydrogens is 391 g/mol. The zero-order valence-electron chi connectivity index (χ0n) is 17.9. The first-order valence-corrected chi connectivity index (χ1v) is 9.79. The highest BCUT2D eigenvalue weighted by atomic mass is 19.1. The van der Waals surface area contributed by atoms with Crippen LogP contribution in [0.1, 0.15) is 42.3 Å². The van der Waals surface area contributed by atoms with E-state index in [0.29, 0.717) is 41.4 Å². The number of halogens is 1. The Kier molecular flexibility index (Phi) is 6.23. The van der Waals surface area contributed by atoms with Gasteiger partial charge in [-0.2, -0.15) is 0 Å². The van der Waals surface area contributed by atoms with Crippen molar-refractivity contribution in [1.29, 1.82) is 0 Å². The Hall–Kier alpha value is -3.17. The van der Waals surface area contributed by atoms with Crippen molar-refractivity contribution in [2.45, 2.75) is 46.1 Å². The van der Waals surface area contributed by atoms with E-state index in [1.807, 2.05) is 32.1 Å². The van der Waals surface area contributed by atoms with Crippen molar-refractivity contribution in [2.75, 3.05) is 25.5 Å². The first kappa shape index (κ1) is 21.5. The summed E-state index contributed by atoms with van der Waals surface area (Å²) in [6, 6.07) is 2.93. The number of fused-ring (bicyclic) bond motifs is 3. The molecule has 1 aromatic carbocycles. The van der Waals surface area contributed by atoms with Crippen molar-refractivity contribution < 1.29 is 21.5 Å². The molecule has 3 aromatic rings. The number of anilines is 1. The molecule has 0 radical (unpaired) electrons. The number of nitrogens with zero attached hydrogens (tertiary/aromatic N) is 4. The standard InChI is InChI=1S/C20H27FN6O3.2H2/c1-12-25-26-18-17(22-8-6-7-9-23-19(28)30-20(2,3)4)24-14-10-13(21)16(29-5)11-15(14)27(12)18;;/h10-11H,6-9H2,1-5H3,(H,22,24)(H,23,28);2*1H. The van der Waals surface area contributed by atoms with E-state index >= 15 is 0 Å². The number of nitrogens with one attached hydrogen (secondary N) is 2. The second kappa shape index (κ2) is 8.68. The molecule has 166 valence electrons. The Bertz CT molecular complexity index is 1070. The Morgan fingerprint density at radius 3 is 2.67 bits per heavy atom. The van der Waals surface area contributed by atoms with Crippen molar-refractivity contribution in [1.82, 2.24) is 24.9 Å². The van der Waals surface area contributed by atoms with Crippen LogP contribution in [-0.2, 0) is 4.74 Å². The second-order valence-electron chi connectivity index (χ2n) is 7.90. The SMILES string of the molecule is COc1cc2c(cc1F)nc(NCCCCNC(=O)OC(C)(C)C)c1nnc(C)n12.[HH].[HH]. The van der Waals surface area contributed by atoms with E-state index in [2.05, 4.69) is 25.8 Å². The van der Waals surface area contributed by atoms with Gasteiger partial charge in [0, 0.05) is 28.1 Å². The lowest BCUT2D eigenvalue weighted by Gasteiger charge is -2.19. The number of rotatable bonds is 7. The minimum absolute atomic E-state index is 0. The highest BCUT2D eigenvalue weighted by molar-refractivity contribution is 5.84. The molecule has 0 atom stereocenters. The predicted molar refractivity (Wildman–Crippen MR) is 116 cm³/mol. The number of hydrogen-bond acceptors (Lipinski definition) is 7.